The topological polar surface area (TPSA) is 51.1 Å². The number of benzene rings is 3. The number of nitrogens with zero attached hydrogens (tertiary/aromatic N) is 2. The summed E-state index contributed by atoms with van der Waals surface area (Å²) in [6.45, 7) is 5.22. The molecule has 3 aromatic carbocycles. The molecule has 1 saturated heterocycles. The molecule has 0 saturated carbocycles. The number of aryl methyl sites for hydroxylation is 1. The first-order valence-electron chi connectivity index (χ1n) is 11.8. The molecule has 180 valence electrons. The quantitative estimate of drug-likeness (QED) is 0.318. The lowest BCUT2D eigenvalue weighted by Gasteiger charge is -2.15. The Morgan fingerprint density at radius 3 is 2.49 bits per heavy atom. The van der Waals surface area contributed by atoms with E-state index in [2.05, 4.69) is 19.1 Å². The number of aliphatic imine (C=N–C) groups is 1. The van der Waals surface area contributed by atoms with E-state index in [0.717, 1.165) is 24.1 Å². The Bertz CT molecular complexity index is 1220. The Labute approximate surface area is 211 Å². The predicted octanol–water partition coefficient (Wildman–Crippen LogP) is 6.64. The third-order valence-electron chi connectivity index (χ3n) is 5.58. The molecule has 0 N–H and O–H groups in total. The monoisotopic (exact) mass is 486 g/mol. The van der Waals surface area contributed by atoms with Gasteiger partial charge in [-0.3, -0.25) is 9.69 Å². The van der Waals surface area contributed by atoms with Crippen LogP contribution in [0.3, 0.4) is 0 Å². The van der Waals surface area contributed by atoms with Crippen LogP contribution in [0, 0.1) is 6.92 Å². The second kappa shape index (κ2) is 11.8. The van der Waals surface area contributed by atoms with Crippen molar-refractivity contribution < 1.29 is 14.3 Å². The molecule has 0 atom stereocenters. The van der Waals surface area contributed by atoms with Crippen molar-refractivity contribution in [2.75, 3.05) is 20.3 Å². The molecule has 3 aromatic rings. The summed E-state index contributed by atoms with van der Waals surface area (Å²) in [5, 5.41) is 0.681. The minimum absolute atomic E-state index is 0.0546. The van der Waals surface area contributed by atoms with Crippen LogP contribution in [-0.4, -0.2) is 36.2 Å². The average Bonchev–Trinajstić information content (AvgIpc) is 3.17. The van der Waals surface area contributed by atoms with Gasteiger partial charge in [0, 0.05) is 12.1 Å². The maximum Gasteiger partial charge on any atom is 0.266 e. The fourth-order valence-electron chi connectivity index (χ4n) is 3.71. The second-order valence-corrected chi connectivity index (χ2v) is 9.27. The summed E-state index contributed by atoms with van der Waals surface area (Å²) in [5.74, 6) is 1.25. The molecule has 5 nitrogen and oxygen atoms in total. The van der Waals surface area contributed by atoms with Gasteiger partial charge in [0.1, 0.15) is 0 Å². The standard InChI is InChI=1S/C29H30N2O3S/c1-4-19-34-27-23(11-8-12-25(27)33-3)20-26-28(32)31(18-17-22-9-6-5-7-10-22)29(35-26)30-24-15-13-21(2)14-16-24/h5-16,20H,4,17-19H2,1-3H3/b26-20+,30-29?. The summed E-state index contributed by atoms with van der Waals surface area (Å²) in [7, 11) is 1.62. The minimum atomic E-state index is -0.0546. The van der Waals surface area contributed by atoms with Crippen LogP contribution < -0.4 is 9.47 Å². The molecular weight excluding hydrogens is 456 g/mol. The van der Waals surface area contributed by atoms with E-state index >= 15 is 0 Å². The maximum absolute atomic E-state index is 13.5. The van der Waals surface area contributed by atoms with E-state index in [9.17, 15) is 4.79 Å². The van der Waals surface area contributed by atoms with Crippen LogP contribution in [0.15, 0.2) is 82.7 Å². The molecule has 1 aliphatic rings. The number of rotatable bonds is 9. The fourth-order valence-corrected chi connectivity index (χ4v) is 4.73. The zero-order valence-electron chi connectivity index (χ0n) is 20.4. The molecular formula is C29H30N2O3S. The Kier molecular flexibility index (Phi) is 8.27. The summed E-state index contributed by atoms with van der Waals surface area (Å²) in [5.41, 5.74) is 3.99. The van der Waals surface area contributed by atoms with Gasteiger partial charge in [0.2, 0.25) is 0 Å². The van der Waals surface area contributed by atoms with Gasteiger partial charge in [-0.25, -0.2) is 4.99 Å². The van der Waals surface area contributed by atoms with Crippen molar-refractivity contribution in [1.29, 1.82) is 0 Å². The molecule has 1 fully saturated rings. The highest BCUT2D eigenvalue weighted by molar-refractivity contribution is 8.18. The molecule has 1 aliphatic heterocycles. The Balaban J connectivity index is 1.68. The van der Waals surface area contributed by atoms with Crippen molar-refractivity contribution in [3.8, 4) is 11.5 Å². The Morgan fingerprint density at radius 1 is 1.00 bits per heavy atom. The van der Waals surface area contributed by atoms with E-state index in [0.29, 0.717) is 34.7 Å². The molecule has 0 aromatic heterocycles. The highest BCUT2D eigenvalue weighted by Gasteiger charge is 2.33. The number of carbonyl (C=O) groups excluding carboxylic acids is 1. The van der Waals surface area contributed by atoms with Gasteiger partial charge >= 0.3 is 0 Å². The van der Waals surface area contributed by atoms with Crippen molar-refractivity contribution in [2.45, 2.75) is 26.7 Å². The van der Waals surface area contributed by atoms with Gasteiger partial charge in [-0.1, -0.05) is 67.1 Å². The lowest BCUT2D eigenvalue weighted by atomic mass is 10.1. The van der Waals surface area contributed by atoms with Crippen molar-refractivity contribution >= 4 is 34.6 Å². The van der Waals surface area contributed by atoms with Gasteiger partial charge in [0.15, 0.2) is 16.7 Å². The lowest BCUT2D eigenvalue weighted by Crippen LogP contribution is -2.31. The lowest BCUT2D eigenvalue weighted by molar-refractivity contribution is -0.122. The maximum atomic E-state index is 13.5. The second-order valence-electron chi connectivity index (χ2n) is 8.26. The zero-order valence-corrected chi connectivity index (χ0v) is 21.2. The van der Waals surface area contributed by atoms with E-state index in [1.54, 1.807) is 12.0 Å². The zero-order chi connectivity index (χ0) is 24.6. The summed E-state index contributed by atoms with van der Waals surface area (Å²) >= 11 is 1.39. The van der Waals surface area contributed by atoms with E-state index in [1.807, 2.05) is 73.7 Å². The molecule has 0 bridgehead atoms. The molecule has 0 unspecified atom stereocenters. The van der Waals surface area contributed by atoms with E-state index in [1.165, 1.54) is 22.9 Å². The first-order valence-corrected chi connectivity index (χ1v) is 12.6. The molecule has 0 spiro atoms. The van der Waals surface area contributed by atoms with Crippen LogP contribution in [-0.2, 0) is 11.2 Å². The fraction of sp³-hybridized carbons (Fsp3) is 0.241. The van der Waals surface area contributed by atoms with Crippen molar-refractivity contribution in [1.82, 2.24) is 4.90 Å². The number of methoxy groups -OCH3 is 1. The van der Waals surface area contributed by atoms with Crippen LogP contribution in [0.4, 0.5) is 5.69 Å². The summed E-state index contributed by atoms with van der Waals surface area (Å²) in [6.07, 6.45) is 3.51. The number of amidine groups is 1. The largest absolute Gasteiger partial charge is 0.493 e. The van der Waals surface area contributed by atoms with Crippen LogP contribution in [0.2, 0.25) is 0 Å². The smallest absolute Gasteiger partial charge is 0.266 e. The SMILES string of the molecule is CCCOc1c(/C=C2/SC(=Nc3ccc(C)cc3)N(CCc3ccccc3)C2=O)cccc1OC. The van der Waals surface area contributed by atoms with Crippen molar-refractivity contribution in [3.05, 3.63) is 94.4 Å². The van der Waals surface area contributed by atoms with Crippen LogP contribution in [0.5, 0.6) is 11.5 Å². The molecule has 1 amide bonds. The summed E-state index contributed by atoms with van der Waals surface area (Å²) in [4.78, 5) is 20.8. The predicted molar refractivity (Wildman–Crippen MR) is 144 cm³/mol. The first-order chi connectivity index (χ1) is 17.1. The summed E-state index contributed by atoms with van der Waals surface area (Å²) < 4.78 is 11.5. The first kappa shape index (κ1) is 24.6. The van der Waals surface area contributed by atoms with Gasteiger partial charge < -0.3 is 9.47 Å². The van der Waals surface area contributed by atoms with E-state index in [4.69, 9.17) is 14.5 Å². The number of ether oxygens (including phenoxy) is 2. The van der Waals surface area contributed by atoms with E-state index in [-0.39, 0.29) is 5.91 Å². The Hall–Kier alpha value is -3.51. The number of para-hydroxylation sites is 1. The van der Waals surface area contributed by atoms with Crippen LogP contribution in [0.1, 0.15) is 30.0 Å². The molecule has 0 aliphatic carbocycles. The summed E-state index contributed by atoms with van der Waals surface area (Å²) in [6, 6.07) is 23.9. The van der Waals surface area contributed by atoms with Crippen LogP contribution >= 0.6 is 11.8 Å². The van der Waals surface area contributed by atoms with Crippen molar-refractivity contribution in [3.63, 3.8) is 0 Å². The molecule has 4 rings (SSSR count). The Morgan fingerprint density at radius 2 is 1.77 bits per heavy atom. The van der Waals surface area contributed by atoms with Crippen LogP contribution in [0.25, 0.3) is 6.08 Å². The van der Waals surface area contributed by atoms with Gasteiger partial charge in [0.05, 0.1) is 24.3 Å². The number of carbonyl (C=O) groups is 1. The molecule has 6 heteroatoms. The van der Waals surface area contributed by atoms with Gasteiger partial charge in [-0.15, -0.1) is 0 Å². The number of hydrogen-bond donors (Lipinski definition) is 0. The normalized spacial score (nSPS) is 15.7. The third kappa shape index (κ3) is 6.14. The van der Waals surface area contributed by atoms with Gasteiger partial charge in [0.25, 0.3) is 5.91 Å². The average molecular weight is 487 g/mol. The molecule has 35 heavy (non-hydrogen) atoms. The third-order valence-corrected chi connectivity index (χ3v) is 6.59. The highest BCUT2D eigenvalue weighted by atomic mass is 32.2. The number of thioether (sulfide) groups is 1. The minimum Gasteiger partial charge on any atom is -0.493 e. The highest BCUT2D eigenvalue weighted by Crippen LogP contribution is 2.38. The molecule has 0 radical (unpaired) electrons. The van der Waals surface area contributed by atoms with Crippen molar-refractivity contribution in [2.24, 2.45) is 4.99 Å². The van der Waals surface area contributed by atoms with E-state index < -0.39 is 0 Å². The van der Waals surface area contributed by atoms with Gasteiger partial charge in [-0.05, 0) is 61.4 Å². The number of amides is 1. The number of hydrogen-bond acceptors (Lipinski definition) is 5. The molecule has 1 heterocycles. The van der Waals surface area contributed by atoms with Gasteiger partial charge in [-0.2, -0.15) is 0 Å².